The molecule has 0 aliphatic carbocycles. The number of sulfonamides is 1. The average molecular weight is 311 g/mol. The Hall–Kier alpha value is -1.07. The molecular weight excluding hydrogens is 294 g/mol. The average Bonchev–Trinajstić information content (AvgIpc) is 2.97. The Morgan fingerprint density at radius 1 is 1.50 bits per heavy atom. The summed E-state index contributed by atoms with van der Waals surface area (Å²) in [6.07, 6.45) is 3.92. The summed E-state index contributed by atoms with van der Waals surface area (Å²) >= 11 is 1.86. The second kappa shape index (κ2) is 7.09. The predicted molar refractivity (Wildman–Crippen MR) is 80.8 cm³/mol. The fourth-order valence-corrected chi connectivity index (χ4v) is 4.23. The van der Waals surface area contributed by atoms with Gasteiger partial charge in [-0.05, 0) is 29.9 Å². The van der Waals surface area contributed by atoms with Crippen LogP contribution >= 0.6 is 11.8 Å². The van der Waals surface area contributed by atoms with Crippen LogP contribution in [0.5, 0.6) is 0 Å². The minimum atomic E-state index is -3.52. The van der Waals surface area contributed by atoms with Gasteiger partial charge in [0.2, 0.25) is 10.0 Å². The highest BCUT2D eigenvalue weighted by Crippen LogP contribution is 2.23. The Labute approximate surface area is 123 Å². The monoisotopic (exact) mass is 311 g/mol. The van der Waals surface area contributed by atoms with Crippen LogP contribution in [0.1, 0.15) is 12.0 Å². The molecule has 1 aliphatic heterocycles. The van der Waals surface area contributed by atoms with Crippen LogP contribution in [-0.4, -0.2) is 38.0 Å². The molecule has 1 atom stereocenters. The van der Waals surface area contributed by atoms with Crippen molar-refractivity contribution in [2.45, 2.75) is 11.3 Å². The highest BCUT2D eigenvalue weighted by molar-refractivity contribution is 7.99. The van der Waals surface area contributed by atoms with Gasteiger partial charge >= 0.3 is 0 Å². The van der Waals surface area contributed by atoms with E-state index in [0.29, 0.717) is 18.0 Å². The quantitative estimate of drug-likeness (QED) is 0.787. The molecule has 20 heavy (non-hydrogen) atoms. The number of hydrogen-bond donors (Lipinski definition) is 2. The van der Waals surface area contributed by atoms with E-state index < -0.39 is 10.0 Å². The van der Waals surface area contributed by atoms with Crippen LogP contribution in [0.15, 0.2) is 23.4 Å². The third kappa shape index (κ3) is 4.21. The molecule has 1 saturated heterocycles. The van der Waals surface area contributed by atoms with Gasteiger partial charge in [-0.25, -0.2) is 13.1 Å². The topological polar surface area (TPSA) is 85.1 Å². The number of nitrogens with zero attached hydrogens (tertiary/aromatic N) is 1. The molecule has 0 amide bonds. The molecule has 2 rings (SSSR count). The molecule has 3 N–H and O–H groups in total. The molecule has 1 aliphatic rings. The van der Waals surface area contributed by atoms with Crippen molar-refractivity contribution >= 4 is 21.8 Å². The Kier molecular flexibility index (Phi) is 5.43. The third-order valence-corrected chi connectivity index (χ3v) is 5.57. The number of hydrogen-bond acceptors (Lipinski definition) is 5. The first-order valence-corrected chi connectivity index (χ1v) is 8.97. The third-order valence-electron chi connectivity index (χ3n) is 2.94. The van der Waals surface area contributed by atoms with Gasteiger partial charge < -0.3 is 5.73 Å². The summed E-state index contributed by atoms with van der Waals surface area (Å²) in [5.74, 6) is 8.01. The lowest BCUT2D eigenvalue weighted by Crippen LogP contribution is -2.29. The molecule has 108 valence electrons. The Morgan fingerprint density at radius 2 is 2.35 bits per heavy atom. The van der Waals surface area contributed by atoms with E-state index in [9.17, 15) is 8.42 Å². The van der Waals surface area contributed by atoms with Gasteiger partial charge in [0.25, 0.3) is 0 Å². The van der Waals surface area contributed by atoms with Gasteiger partial charge in [0, 0.05) is 24.5 Å². The van der Waals surface area contributed by atoms with Gasteiger partial charge in [-0.15, -0.1) is 0 Å². The van der Waals surface area contributed by atoms with Crippen molar-refractivity contribution in [2.24, 2.45) is 11.7 Å². The van der Waals surface area contributed by atoms with Gasteiger partial charge in [0.1, 0.15) is 4.90 Å². The van der Waals surface area contributed by atoms with E-state index in [-0.39, 0.29) is 11.4 Å². The maximum atomic E-state index is 12.2. The van der Waals surface area contributed by atoms with Gasteiger partial charge in [0.05, 0.1) is 6.54 Å². The second-order valence-electron chi connectivity index (χ2n) is 4.50. The summed E-state index contributed by atoms with van der Waals surface area (Å²) in [6.45, 7) is 0.711. The van der Waals surface area contributed by atoms with E-state index in [1.165, 1.54) is 18.5 Å². The van der Waals surface area contributed by atoms with Crippen molar-refractivity contribution in [1.82, 2.24) is 9.71 Å². The maximum absolute atomic E-state index is 12.2. The molecule has 1 aromatic heterocycles. The first-order chi connectivity index (χ1) is 9.62. The highest BCUT2D eigenvalue weighted by Gasteiger charge is 2.20. The van der Waals surface area contributed by atoms with Crippen LogP contribution in [0.4, 0.5) is 0 Å². The van der Waals surface area contributed by atoms with Crippen LogP contribution in [0.2, 0.25) is 0 Å². The molecule has 0 bridgehead atoms. The fourth-order valence-electron chi connectivity index (χ4n) is 1.84. The lowest BCUT2D eigenvalue weighted by Gasteiger charge is -2.10. The fraction of sp³-hybridized carbons (Fsp3) is 0.462. The van der Waals surface area contributed by atoms with Crippen LogP contribution < -0.4 is 10.5 Å². The van der Waals surface area contributed by atoms with Crippen molar-refractivity contribution in [3.8, 4) is 11.8 Å². The van der Waals surface area contributed by atoms with E-state index >= 15 is 0 Å². The van der Waals surface area contributed by atoms with Gasteiger partial charge in [0.15, 0.2) is 0 Å². The zero-order chi connectivity index (χ0) is 14.4. The number of aromatic nitrogens is 1. The Morgan fingerprint density at radius 3 is 3.05 bits per heavy atom. The summed E-state index contributed by atoms with van der Waals surface area (Å²) in [5.41, 5.74) is 5.84. The molecule has 7 heteroatoms. The molecule has 1 fully saturated rings. The van der Waals surface area contributed by atoms with Crippen molar-refractivity contribution < 1.29 is 8.42 Å². The molecule has 5 nitrogen and oxygen atoms in total. The number of thioether (sulfide) groups is 1. The zero-order valence-corrected chi connectivity index (χ0v) is 12.6. The molecule has 1 unspecified atom stereocenters. The smallest absolute Gasteiger partial charge is 0.242 e. The molecule has 0 spiro atoms. The second-order valence-corrected chi connectivity index (χ2v) is 7.41. The minimum absolute atomic E-state index is 0.145. The van der Waals surface area contributed by atoms with E-state index in [0.717, 1.165) is 17.9 Å². The maximum Gasteiger partial charge on any atom is 0.242 e. The summed E-state index contributed by atoms with van der Waals surface area (Å²) in [6, 6.07) is 1.52. The normalized spacial score (nSPS) is 18.6. The number of nitrogens with two attached hydrogens (primary N) is 1. The standard InChI is InChI=1S/C13H17N3O2S2/c14-4-1-2-11-6-13(9-15-7-11)20(17,18)16-8-12-3-5-19-10-12/h6-7,9,12,16H,3-5,8,10,14H2. The Balaban J connectivity index is 2.08. The zero-order valence-electron chi connectivity index (χ0n) is 11.0. The minimum Gasteiger partial charge on any atom is -0.320 e. The van der Waals surface area contributed by atoms with Gasteiger partial charge in [-0.1, -0.05) is 11.8 Å². The number of pyridine rings is 1. The molecule has 0 saturated carbocycles. The van der Waals surface area contributed by atoms with E-state index in [1.807, 2.05) is 11.8 Å². The van der Waals surface area contributed by atoms with Crippen molar-refractivity contribution in [1.29, 1.82) is 0 Å². The molecule has 2 heterocycles. The number of nitrogens with one attached hydrogen (secondary N) is 1. The van der Waals surface area contributed by atoms with Crippen LogP contribution in [0.25, 0.3) is 0 Å². The SMILES string of the molecule is NCC#Cc1cncc(S(=O)(=O)NCC2CCSC2)c1. The van der Waals surface area contributed by atoms with Crippen LogP contribution in [-0.2, 0) is 10.0 Å². The van der Waals surface area contributed by atoms with Crippen LogP contribution in [0.3, 0.4) is 0 Å². The van der Waals surface area contributed by atoms with Crippen molar-refractivity contribution in [3.63, 3.8) is 0 Å². The van der Waals surface area contributed by atoms with Gasteiger partial charge in [-0.2, -0.15) is 11.8 Å². The van der Waals surface area contributed by atoms with Gasteiger partial charge in [-0.3, -0.25) is 4.98 Å². The lowest BCUT2D eigenvalue weighted by atomic mass is 10.1. The lowest BCUT2D eigenvalue weighted by molar-refractivity contribution is 0.545. The first kappa shape index (κ1) is 15.3. The highest BCUT2D eigenvalue weighted by atomic mass is 32.2. The summed E-state index contributed by atoms with van der Waals surface area (Å²) in [5, 5.41) is 0. The molecular formula is C13H17N3O2S2. The number of rotatable bonds is 4. The largest absolute Gasteiger partial charge is 0.320 e. The van der Waals surface area contributed by atoms with E-state index in [2.05, 4.69) is 21.5 Å². The first-order valence-electron chi connectivity index (χ1n) is 6.33. The predicted octanol–water partition coefficient (Wildman–Crippen LogP) is 0.423. The molecule has 1 aromatic rings. The molecule has 0 radical (unpaired) electrons. The van der Waals surface area contributed by atoms with E-state index in [4.69, 9.17) is 5.73 Å². The van der Waals surface area contributed by atoms with E-state index in [1.54, 1.807) is 0 Å². The van der Waals surface area contributed by atoms with Crippen LogP contribution in [0, 0.1) is 17.8 Å². The molecule has 0 aromatic carbocycles. The van der Waals surface area contributed by atoms with Crippen molar-refractivity contribution in [2.75, 3.05) is 24.6 Å². The Bertz CT molecular complexity index is 614. The van der Waals surface area contributed by atoms with Crippen molar-refractivity contribution in [3.05, 3.63) is 24.0 Å². The summed E-state index contributed by atoms with van der Waals surface area (Å²) in [7, 11) is -3.52. The summed E-state index contributed by atoms with van der Waals surface area (Å²) in [4.78, 5) is 4.06. The summed E-state index contributed by atoms with van der Waals surface area (Å²) < 4.78 is 27.0.